The van der Waals surface area contributed by atoms with Crippen molar-refractivity contribution in [2.75, 3.05) is 5.75 Å². The maximum atomic E-state index is 12.2. The van der Waals surface area contributed by atoms with Crippen molar-refractivity contribution >= 4 is 21.7 Å². The van der Waals surface area contributed by atoms with Crippen LogP contribution in [0.15, 0.2) is 29.2 Å². The number of amides is 1. The summed E-state index contributed by atoms with van der Waals surface area (Å²) in [6.45, 7) is 3.75. The molecule has 0 aliphatic heterocycles. The Morgan fingerprint density at radius 1 is 1.29 bits per heavy atom. The van der Waals surface area contributed by atoms with Gasteiger partial charge in [0.2, 0.25) is 5.91 Å². The third kappa shape index (κ3) is 4.86. The van der Waals surface area contributed by atoms with Crippen LogP contribution in [0.25, 0.3) is 0 Å². The summed E-state index contributed by atoms with van der Waals surface area (Å²) in [4.78, 5) is 22.5. The summed E-state index contributed by atoms with van der Waals surface area (Å²) in [6, 6.07) is 5.14. The third-order valence-electron chi connectivity index (χ3n) is 2.90. The predicted molar refractivity (Wildman–Crippen MR) is 78.0 cm³/mol. The number of carboxylic acid groups (broad SMARTS) is 1. The van der Waals surface area contributed by atoms with Gasteiger partial charge in [-0.15, -0.1) is 0 Å². The summed E-state index contributed by atoms with van der Waals surface area (Å²) in [7, 11) is -3.99. The van der Waals surface area contributed by atoms with Crippen LogP contribution >= 0.6 is 0 Å². The third-order valence-corrected chi connectivity index (χ3v) is 4.57. The van der Waals surface area contributed by atoms with Gasteiger partial charge in [-0.05, 0) is 25.5 Å². The number of nitrogens with one attached hydrogen (secondary N) is 1. The summed E-state index contributed by atoms with van der Waals surface area (Å²) >= 11 is 0. The van der Waals surface area contributed by atoms with Crippen molar-refractivity contribution in [1.82, 2.24) is 5.32 Å². The molecule has 0 aliphatic carbocycles. The predicted octanol–water partition coefficient (Wildman–Crippen LogP) is 1.46. The monoisotopic (exact) mass is 313 g/mol. The zero-order chi connectivity index (χ0) is 16.0. The van der Waals surface area contributed by atoms with Gasteiger partial charge in [0.15, 0.2) is 9.84 Å². The van der Waals surface area contributed by atoms with E-state index in [1.165, 1.54) is 24.3 Å². The highest BCUT2D eigenvalue weighted by atomic mass is 32.2. The maximum Gasteiger partial charge on any atom is 0.337 e. The fraction of sp³-hybridized carbons (Fsp3) is 0.429. The Labute approximate surface area is 124 Å². The quantitative estimate of drug-likeness (QED) is 0.793. The number of sulfone groups is 1. The molecule has 0 heterocycles. The lowest BCUT2D eigenvalue weighted by Crippen LogP contribution is -2.36. The topological polar surface area (TPSA) is 101 Å². The van der Waals surface area contributed by atoms with Crippen molar-refractivity contribution in [3.63, 3.8) is 0 Å². The lowest BCUT2D eigenvalue weighted by Gasteiger charge is -2.13. The van der Waals surface area contributed by atoms with Crippen molar-refractivity contribution < 1.29 is 23.1 Å². The highest BCUT2D eigenvalue weighted by Crippen LogP contribution is 2.17. The van der Waals surface area contributed by atoms with E-state index in [2.05, 4.69) is 5.32 Å². The van der Waals surface area contributed by atoms with Gasteiger partial charge < -0.3 is 10.4 Å². The van der Waals surface area contributed by atoms with Crippen LogP contribution in [0.5, 0.6) is 0 Å². The molecule has 0 aromatic heterocycles. The SMILES string of the molecule is CCCC(C)NC(=O)CS(=O)(=O)c1ccccc1C(=O)O. The lowest BCUT2D eigenvalue weighted by molar-refractivity contribution is -0.119. The van der Waals surface area contributed by atoms with Crippen molar-refractivity contribution in [3.8, 4) is 0 Å². The van der Waals surface area contributed by atoms with E-state index in [-0.39, 0.29) is 16.5 Å². The minimum absolute atomic E-state index is 0.118. The molecule has 1 atom stereocenters. The highest BCUT2D eigenvalue weighted by Gasteiger charge is 2.25. The Bertz CT molecular complexity index is 624. The molecule has 1 aromatic carbocycles. The number of hydrogen-bond donors (Lipinski definition) is 2. The molecule has 1 unspecified atom stereocenters. The molecule has 0 aliphatic rings. The lowest BCUT2D eigenvalue weighted by atomic mass is 10.2. The molecule has 6 nitrogen and oxygen atoms in total. The fourth-order valence-electron chi connectivity index (χ4n) is 1.99. The molecule has 0 bridgehead atoms. The van der Waals surface area contributed by atoms with Gasteiger partial charge in [0.25, 0.3) is 0 Å². The molecule has 0 fully saturated rings. The van der Waals surface area contributed by atoms with Gasteiger partial charge in [-0.1, -0.05) is 25.5 Å². The van der Waals surface area contributed by atoms with Crippen LogP contribution in [-0.2, 0) is 14.6 Å². The van der Waals surface area contributed by atoms with Gasteiger partial charge in [-0.2, -0.15) is 0 Å². The summed E-state index contributed by atoms with van der Waals surface area (Å²) < 4.78 is 24.4. The number of benzene rings is 1. The van der Waals surface area contributed by atoms with E-state index in [0.717, 1.165) is 12.8 Å². The second kappa shape index (κ2) is 7.21. The van der Waals surface area contributed by atoms with Gasteiger partial charge in [-0.25, -0.2) is 13.2 Å². The Morgan fingerprint density at radius 3 is 2.48 bits per heavy atom. The molecule has 21 heavy (non-hydrogen) atoms. The Balaban J connectivity index is 2.92. The first-order valence-electron chi connectivity index (χ1n) is 6.62. The van der Waals surface area contributed by atoms with E-state index in [9.17, 15) is 18.0 Å². The Kier molecular flexibility index (Phi) is 5.90. The van der Waals surface area contributed by atoms with E-state index < -0.39 is 27.5 Å². The molecule has 1 amide bonds. The summed E-state index contributed by atoms with van der Waals surface area (Å²) in [6.07, 6.45) is 1.62. The summed E-state index contributed by atoms with van der Waals surface area (Å²) in [5.41, 5.74) is -0.327. The van der Waals surface area contributed by atoms with E-state index in [1.54, 1.807) is 6.92 Å². The van der Waals surface area contributed by atoms with E-state index >= 15 is 0 Å². The molecule has 116 valence electrons. The van der Waals surface area contributed by atoms with Crippen LogP contribution < -0.4 is 5.32 Å². The van der Waals surface area contributed by atoms with Gasteiger partial charge in [0.05, 0.1) is 10.5 Å². The van der Waals surface area contributed by atoms with Crippen molar-refractivity contribution in [3.05, 3.63) is 29.8 Å². The molecule has 0 saturated carbocycles. The van der Waals surface area contributed by atoms with E-state index in [1.807, 2.05) is 6.92 Å². The molecule has 1 rings (SSSR count). The Hall–Kier alpha value is -1.89. The van der Waals surface area contributed by atoms with Crippen LogP contribution in [0.2, 0.25) is 0 Å². The van der Waals surface area contributed by atoms with E-state index in [0.29, 0.717) is 0 Å². The number of hydrogen-bond acceptors (Lipinski definition) is 4. The standard InChI is InChI=1S/C14H19NO5S/c1-3-6-10(2)15-13(16)9-21(19,20)12-8-5-4-7-11(12)14(17)18/h4-5,7-8,10H,3,6,9H2,1-2H3,(H,15,16)(H,17,18). The zero-order valence-electron chi connectivity index (χ0n) is 12.0. The number of rotatable bonds is 7. The number of aromatic carboxylic acids is 1. The molecule has 0 spiro atoms. The molecular formula is C14H19NO5S. The number of carbonyl (C=O) groups excluding carboxylic acids is 1. The Morgan fingerprint density at radius 2 is 1.90 bits per heavy atom. The van der Waals surface area contributed by atoms with E-state index in [4.69, 9.17) is 5.11 Å². The van der Waals surface area contributed by atoms with Crippen molar-refractivity contribution in [1.29, 1.82) is 0 Å². The average molecular weight is 313 g/mol. The van der Waals surface area contributed by atoms with Gasteiger partial charge in [-0.3, -0.25) is 4.79 Å². The first-order valence-corrected chi connectivity index (χ1v) is 8.27. The second-order valence-electron chi connectivity index (χ2n) is 4.82. The van der Waals surface area contributed by atoms with Crippen LogP contribution in [0, 0.1) is 0 Å². The normalized spacial score (nSPS) is 12.7. The van der Waals surface area contributed by atoms with Crippen molar-refractivity contribution in [2.24, 2.45) is 0 Å². The minimum atomic E-state index is -3.99. The summed E-state index contributed by atoms with van der Waals surface area (Å²) in [5, 5.41) is 11.6. The first-order chi connectivity index (χ1) is 9.77. The molecule has 7 heteroatoms. The highest BCUT2D eigenvalue weighted by molar-refractivity contribution is 7.92. The molecule has 1 aromatic rings. The largest absolute Gasteiger partial charge is 0.478 e. The van der Waals surface area contributed by atoms with Gasteiger partial charge >= 0.3 is 5.97 Å². The van der Waals surface area contributed by atoms with Crippen LogP contribution in [0.1, 0.15) is 37.0 Å². The molecular weight excluding hydrogens is 294 g/mol. The summed E-state index contributed by atoms with van der Waals surface area (Å²) in [5.74, 6) is -2.73. The fourth-order valence-corrected chi connectivity index (χ4v) is 3.35. The minimum Gasteiger partial charge on any atom is -0.478 e. The van der Waals surface area contributed by atoms with Gasteiger partial charge in [0.1, 0.15) is 5.75 Å². The van der Waals surface area contributed by atoms with Crippen LogP contribution in [0.3, 0.4) is 0 Å². The smallest absolute Gasteiger partial charge is 0.337 e. The first kappa shape index (κ1) is 17.2. The van der Waals surface area contributed by atoms with Crippen LogP contribution in [-0.4, -0.2) is 37.2 Å². The zero-order valence-corrected chi connectivity index (χ0v) is 12.8. The average Bonchev–Trinajstić information content (AvgIpc) is 2.38. The van der Waals surface area contributed by atoms with Gasteiger partial charge in [0, 0.05) is 6.04 Å². The molecule has 2 N–H and O–H groups in total. The van der Waals surface area contributed by atoms with Crippen molar-refractivity contribution in [2.45, 2.75) is 37.6 Å². The maximum absolute atomic E-state index is 12.2. The number of carboxylic acids is 1. The van der Waals surface area contributed by atoms with Crippen LogP contribution in [0.4, 0.5) is 0 Å². The molecule has 0 radical (unpaired) electrons. The number of carbonyl (C=O) groups is 2. The second-order valence-corrected chi connectivity index (χ2v) is 6.78. The molecule has 0 saturated heterocycles.